The first-order chi connectivity index (χ1) is 13.9. The zero-order valence-corrected chi connectivity index (χ0v) is 17.9. The number of hydrogen-bond donors (Lipinski definition) is 1. The summed E-state index contributed by atoms with van der Waals surface area (Å²) >= 11 is 0. The van der Waals surface area contributed by atoms with Crippen LogP contribution in [-0.2, 0) is 13.0 Å². The summed E-state index contributed by atoms with van der Waals surface area (Å²) in [5, 5.41) is 2.96. The second-order valence-corrected chi connectivity index (χ2v) is 7.38. The Morgan fingerprint density at radius 3 is 2.38 bits per heavy atom. The molecule has 6 nitrogen and oxygen atoms in total. The molecule has 0 fully saturated rings. The average Bonchev–Trinajstić information content (AvgIpc) is 2.74. The maximum Gasteiger partial charge on any atom is 0.317 e. The van der Waals surface area contributed by atoms with E-state index in [1.807, 2.05) is 24.0 Å². The van der Waals surface area contributed by atoms with E-state index >= 15 is 0 Å². The summed E-state index contributed by atoms with van der Waals surface area (Å²) in [6, 6.07) is 8.04. The molecule has 0 atom stereocenters. The number of hydrogen-bond acceptors (Lipinski definition) is 4. The molecule has 1 aliphatic rings. The minimum Gasteiger partial charge on any atom is -0.493 e. The maximum atomic E-state index is 12.6. The molecule has 0 bridgehead atoms. The molecular weight excluding hydrogens is 368 g/mol. The molecule has 0 spiro atoms. The third-order valence-electron chi connectivity index (χ3n) is 5.50. The van der Waals surface area contributed by atoms with Gasteiger partial charge in [-0.3, -0.25) is 0 Å². The first kappa shape index (κ1) is 20.8. The van der Waals surface area contributed by atoms with Crippen molar-refractivity contribution in [2.24, 2.45) is 0 Å². The van der Waals surface area contributed by atoms with E-state index in [1.165, 1.54) is 11.1 Å². The van der Waals surface area contributed by atoms with E-state index < -0.39 is 0 Å². The van der Waals surface area contributed by atoms with Crippen molar-refractivity contribution in [2.45, 2.75) is 33.7 Å². The molecule has 0 radical (unpaired) electrons. The Morgan fingerprint density at radius 1 is 1.03 bits per heavy atom. The molecule has 29 heavy (non-hydrogen) atoms. The van der Waals surface area contributed by atoms with Gasteiger partial charge in [0.25, 0.3) is 0 Å². The van der Waals surface area contributed by atoms with Gasteiger partial charge in [-0.1, -0.05) is 12.1 Å². The van der Waals surface area contributed by atoms with Crippen LogP contribution in [0.1, 0.15) is 27.8 Å². The van der Waals surface area contributed by atoms with Gasteiger partial charge >= 0.3 is 6.03 Å². The number of urea groups is 1. The summed E-state index contributed by atoms with van der Waals surface area (Å²) in [4.78, 5) is 14.4. The van der Waals surface area contributed by atoms with Crippen LogP contribution in [0.4, 0.5) is 4.79 Å². The Labute approximate surface area is 172 Å². The van der Waals surface area contributed by atoms with Gasteiger partial charge in [-0.2, -0.15) is 0 Å². The van der Waals surface area contributed by atoms with Crippen LogP contribution >= 0.6 is 0 Å². The van der Waals surface area contributed by atoms with Crippen LogP contribution in [0.25, 0.3) is 0 Å². The molecule has 156 valence electrons. The van der Waals surface area contributed by atoms with E-state index in [9.17, 15) is 4.79 Å². The Bertz CT molecular complexity index is 895. The molecule has 0 saturated carbocycles. The number of carbonyl (C=O) groups excluding carboxylic acids is 1. The fraction of sp³-hybridized carbons (Fsp3) is 0.435. The largest absolute Gasteiger partial charge is 0.493 e. The lowest BCUT2D eigenvalue weighted by atomic mass is 9.99. The summed E-state index contributed by atoms with van der Waals surface area (Å²) in [5.74, 6) is 2.32. The normalized spacial score (nSPS) is 12.9. The predicted octanol–water partition coefficient (Wildman–Crippen LogP) is 3.78. The van der Waals surface area contributed by atoms with E-state index in [0.29, 0.717) is 32.0 Å². The third-order valence-corrected chi connectivity index (χ3v) is 5.50. The quantitative estimate of drug-likeness (QED) is 0.753. The average molecular weight is 399 g/mol. The molecule has 3 rings (SSSR count). The lowest BCUT2D eigenvalue weighted by Crippen LogP contribution is -2.43. The fourth-order valence-corrected chi connectivity index (χ4v) is 3.63. The van der Waals surface area contributed by atoms with Crippen LogP contribution in [0, 0.1) is 20.8 Å². The molecule has 0 aromatic heterocycles. The van der Waals surface area contributed by atoms with Crippen LogP contribution in [0.15, 0.2) is 24.3 Å². The minimum atomic E-state index is -0.0771. The third kappa shape index (κ3) is 4.58. The van der Waals surface area contributed by atoms with Crippen LogP contribution in [0.2, 0.25) is 0 Å². The van der Waals surface area contributed by atoms with Gasteiger partial charge in [0.1, 0.15) is 12.4 Å². The van der Waals surface area contributed by atoms with Gasteiger partial charge in [0.2, 0.25) is 0 Å². The summed E-state index contributed by atoms with van der Waals surface area (Å²) < 4.78 is 16.7. The number of nitrogens with one attached hydrogen (secondary N) is 1. The number of nitrogens with zero attached hydrogens (tertiary/aromatic N) is 1. The van der Waals surface area contributed by atoms with E-state index in [-0.39, 0.29) is 6.03 Å². The van der Waals surface area contributed by atoms with Gasteiger partial charge in [-0.05, 0) is 67.1 Å². The van der Waals surface area contributed by atoms with Crippen LogP contribution < -0.4 is 19.5 Å². The number of benzene rings is 2. The number of methoxy groups -OCH3 is 2. The first-order valence-corrected chi connectivity index (χ1v) is 9.90. The first-order valence-electron chi connectivity index (χ1n) is 9.90. The molecule has 2 aromatic carbocycles. The number of fused-ring (bicyclic) bond motifs is 1. The summed E-state index contributed by atoms with van der Waals surface area (Å²) in [6.45, 7) is 8.29. The number of ether oxygens (including phenoxy) is 3. The molecule has 1 heterocycles. The SMILES string of the molecule is COc1cc2c(cc1OC)CN(C(=O)NCCOc1c(C)ccc(C)c1C)CC2. The molecule has 0 saturated heterocycles. The summed E-state index contributed by atoms with van der Waals surface area (Å²) in [5.41, 5.74) is 5.74. The van der Waals surface area contributed by atoms with Crippen molar-refractivity contribution in [3.05, 3.63) is 52.1 Å². The topological polar surface area (TPSA) is 60.0 Å². The van der Waals surface area contributed by atoms with Crippen molar-refractivity contribution < 1.29 is 19.0 Å². The van der Waals surface area contributed by atoms with Crippen molar-refractivity contribution in [2.75, 3.05) is 33.9 Å². The molecular formula is C23H30N2O4. The van der Waals surface area contributed by atoms with Crippen LogP contribution in [0.3, 0.4) is 0 Å². The molecule has 1 aliphatic heterocycles. The second kappa shape index (κ2) is 9.07. The predicted molar refractivity (Wildman–Crippen MR) is 113 cm³/mol. The zero-order chi connectivity index (χ0) is 21.0. The Kier molecular flexibility index (Phi) is 6.52. The minimum absolute atomic E-state index is 0.0771. The van der Waals surface area contributed by atoms with E-state index in [2.05, 4.69) is 31.3 Å². The highest BCUT2D eigenvalue weighted by atomic mass is 16.5. The molecule has 2 aromatic rings. The fourth-order valence-electron chi connectivity index (χ4n) is 3.63. The lowest BCUT2D eigenvalue weighted by molar-refractivity contribution is 0.189. The van der Waals surface area contributed by atoms with Gasteiger partial charge in [-0.15, -0.1) is 0 Å². The second-order valence-electron chi connectivity index (χ2n) is 7.38. The zero-order valence-electron chi connectivity index (χ0n) is 17.9. The van der Waals surface area contributed by atoms with Gasteiger partial charge in [0.15, 0.2) is 11.5 Å². The van der Waals surface area contributed by atoms with Crippen molar-refractivity contribution >= 4 is 6.03 Å². The van der Waals surface area contributed by atoms with Gasteiger partial charge in [-0.25, -0.2) is 4.79 Å². The number of rotatable bonds is 6. The van der Waals surface area contributed by atoms with E-state index in [0.717, 1.165) is 34.6 Å². The Morgan fingerprint density at radius 2 is 1.69 bits per heavy atom. The van der Waals surface area contributed by atoms with Crippen LogP contribution in [0.5, 0.6) is 17.2 Å². The highest BCUT2D eigenvalue weighted by molar-refractivity contribution is 5.74. The van der Waals surface area contributed by atoms with Gasteiger partial charge in [0, 0.05) is 13.1 Å². The smallest absolute Gasteiger partial charge is 0.317 e. The maximum absolute atomic E-state index is 12.6. The monoisotopic (exact) mass is 398 g/mol. The molecule has 1 N–H and O–H groups in total. The molecule has 6 heteroatoms. The number of carbonyl (C=O) groups is 1. The number of aryl methyl sites for hydroxylation is 2. The highest BCUT2D eigenvalue weighted by Gasteiger charge is 2.22. The van der Waals surface area contributed by atoms with Crippen molar-refractivity contribution in [1.29, 1.82) is 0 Å². The van der Waals surface area contributed by atoms with E-state index in [4.69, 9.17) is 14.2 Å². The molecule has 0 unspecified atom stereocenters. The summed E-state index contributed by atoms with van der Waals surface area (Å²) in [6.07, 6.45) is 0.793. The summed E-state index contributed by atoms with van der Waals surface area (Å²) in [7, 11) is 3.25. The highest BCUT2D eigenvalue weighted by Crippen LogP contribution is 2.33. The Hall–Kier alpha value is -2.89. The van der Waals surface area contributed by atoms with Gasteiger partial charge in [0.05, 0.1) is 20.8 Å². The van der Waals surface area contributed by atoms with Crippen molar-refractivity contribution in [3.8, 4) is 17.2 Å². The molecule has 2 amide bonds. The number of amides is 2. The van der Waals surface area contributed by atoms with E-state index in [1.54, 1.807) is 14.2 Å². The Balaban J connectivity index is 1.54. The molecule has 0 aliphatic carbocycles. The standard InChI is InChI=1S/C23H30N2O4/c1-15-6-7-16(2)22(17(15)3)29-11-9-24-23(26)25-10-8-18-12-20(27-4)21(28-5)13-19(18)14-25/h6-7,12-13H,8-11,14H2,1-5H3,(H,24,26). The lowest BCUT2D eigenvalue weighted by Gasteiger charge is -2.29. The van der Waals surface area contributed by atoms with Crippen molar-refractivity contribution in [1.82, 2.24) is 10.2 Å². The van der Waals surface area contributed by atoms with Gasteiger partial charge < -0.3 is 24.4 Å². The van der Waals surface area contributed by atoms with Crippen molar-refractivity contribution in [3.63, 3.8) is 0 Å². The van der Waals surface area contributed by atoms with Crippen LogP contribution in [-0.4, -0.2) is 44.8 Å².